The highest BCUT2D eigenvalue weighted by Crippen LogP contribution is 2.35. The van der Waals surface area contributed by atoms with E-state index >= 15 is 0 Å². The van der Waals surface area contributed by atoms with Crippen LogP contribution in [0.2, 0.25) is 5.02 Å². The minimum Gasteiger partial charge on any atom is -0.325 e. The number of halogens is 2. The van der Waals surface area contributed by atoms with Gasteiger partial charge in [-0.2, -0.15) is 0 Å². The van der Waals surface area contributed by atoms with E-state index in [1.807, 2.05) is 12.1 Å². The van der Waals surface area contributed by atoms with Crippen molar-refractivity contribution >= 4 is 60.7 Å². The average Bonchev–Trinajstić information content (AvgIpc) is 3.36. The van der Waals surface area contributed by atoms with E-state index in [0.29, 0.717) is 26.6 Å². The second kappa shape index (κ2) is 8.35. The van der Waals surface area contributed by atoms with Gasteiger partial charge in [-0.05, 0) is 73.4 Å². The maximum absolute atomic E-state index is 13.5. The van der Waals surface area contributed by atoms with E-state index in [1.165, 1.54) is 15.9 Å². The number of nitrogens with one attached hydrogen (secondary N) is 1. The highest BCUT2D eigenvalue weighted by Gasteiger charge is 2.25. The molecule has 0 radical (unpaired) electrons. The molecule has 1 N–H and O–H groups in total. The van der Waals surface area contributed by atoms with Crippen molar-refractivity contribution in [3.05, 3.63) is 89.3 Å². The van der Waals surface area contributed by atoms with Gasteiger partial charge in [-0.15, -0.1) is 11.3 Å². The molecule has 1 amide bonds. The lowest BCUT2D eigenvalue weighted by molar-refractivity contribution is -0.116. The minimum absolute atomic E-state index is 0.196. The summed E-state index contributed by atoms with van der Waals surface area (Å²) in [6.45, 7) is -0.196. The predicted molar refractivity (Wildman–Crippen MR) is 131 cm³/mol. The van der Waals surface area contributed by atoms with Crippen molar-refractivity contribution in [2.75, 3.05) is 5.32 Å². The zero-order valence-electron chi connectivity index (χ0n) is 16.7. The van der Waals surface area contributed by atoms with Crippen LogP contribution in [0.1, 0.15) is 16.9 Å². The highest BCUT2D eigenvalue weighted by molar-refractivity contribution is 9.10. The molecule has 6 nitrogen and oxygen atoms in total. The number of hydrogen-bond donors (Lipinski definition) is 1. The third-order valence-electron chi connectivity index (χ3n) is 5.50. The highest BCUT2D eigenvalue weighted by atomic mass is 79.9. The van der Waals surface area contributed by atoms with E-state index in [2.05, 4.69) is 21.2 Å². The van der Waals surface area contributed by atoms with E-state index in [0.717, 1.165) is 38.7 Å². The van der Waals surface area contributed by atoms with Gasteiger partial charge in [0.1, 0.15) is 11.4 Å². The summed E-state index contributed by atoms with van der Waals surface area (Å²) in [5.74, 6) is -0.342. The molecule has 9 heteroatoms. The van der Waals surface area contributed by atoms with Crippen LogP contribution >= 0.6 is 38.9 Å². The molecule has 0 atom stereocenters. The van der Waals surface area contributed by atoms with Crippen LogP contribution in [-0.2, 0) is 24.2 Å². The standard InChI is InChI=1S/C23H17BrClN3O3S/c24-13-4-8-15(9-5-13)26-19(29)12-27-22-20(17-2-1-3-18(17)32-22)21(30)28(23(27)31)16-10-6-14(25)7-11-16/h4-11H,1-3,12H2,(H,26,29). The Hall–Kier alpha value is -2.68. The zero-order valence-corrected chi connectivity index (χ0v) is 19.9. The lowest BCUT2D eigenvalue weighted by atomic mass is 10.2. The van der Waals surface area contributed by atoms with Crippen molar-refractivity contribution in [1.29, 1.82) is 0 Å². The van der Waals surface area contributed by atoms with Crippen LogP contribution in [0, 0.1) is 0 Å². The van der Waals surface area contributed by atoms with Crippen molar-refractivity contribution < 1.29 is 4.79 Å². The van der Waals surface area contributed by atoms with Gasteiger partial charge in [-0.1, -0.05) is 27.5 Å². The Balaban J connectivity index is 1.65. The number of rotatable bonds is 4. The minimum atomic E-state index is -0.546. The third kappa shape index (κ3) is 3.72. The van der Waals surface area contributed by atoms with Gasteiger partial charge in [0.15, 0.2) is 0 Å². The first-order valence-electron chi connectivity index (χ1n) is 10.0. The van der Waals surface area contributed by atoms with Crippen LogP contribution in [0.5, 0.6) is 0 Å². The quantitative estimate of drug-likeness (QED) is 0.414. The molecule has 0 saturated carbocycles. The van der Waals surface area contributed by atoms with E-state index in [9.17, 15) is 14.4 Å². The Kier molecular flexibility index (Phi) is 5.53. The molecule has 1 aliphatic rings. The van der Waals surface area contributed by atoms with Crippen LogP contribution in [0.3, 0.4) is 0 Å². The molecule has 2 heterocycles. The summed E-state index contributed by atoms with van der Waals surface area (Å²) in [4.78, 5) is 41.4. The first-order valence-corrected chi connectivity index (χ1v) is 12.0. The Morgan fingerprint density at radius 1 is 1.06 bits per heavy atom. The second-order valence-corrected chi connectivity index (χ2v) is 10.0. The molecule has 5 rings (SSSR count). The van der Waals surface area contributed by atoms with Gasteiger partial charge in [-0.25, -0.2) is 9.36 Å². The molecule has 0 saturated heterocycles. The molecule has 0 aliphatic heterocycles. The van der Waals surface area contributed by atoms with Crippen molar-refractivity contribution in [3.8, 4) is 5.69 Å². The molecule has 0 spiro atoms. The number of amides is 1. The maximum atomic E-state index is 13.5. The normalized spacial score (nSPS) is 12.8. The number of anilines is 1. The summed E-state index contributed by atoms with van der Waals surface area (Å²) in [6, 6.07) is 13.7. The van der Waals surface area contributed by atoms with Crippen LogP contribution in [-0.4, -0.2) is 15.0 Å². The topological polar surface area (TPSA) is 73.1 Å². The molecule has 0 fully saturated rings. The number of thiophene rings is 1. The number of nitrogens with zero attached hydrogens (tertiary/aromatic N) is 2. The lowest BCUT2D eigenvalue weighted by Crippen LogP contribution is -2.40. The Labute approximate surface area is 200 Å². The maximum Gasteiger partial charge on any atom is 0.337 e. The third-order valence-corrected chi connectivity index (χ3v) is 7.60. The molecule has 2 aromatic carbocycles. The van der Waals surface area contributed by atoms with Gasteiger partial charge < -0.3 is 5.32 Å². The average molecular weight is 531 g/mol. The van der Waals surface area contributed by atoms with E-state index in [4.69, 9.17) is 11.6 Å². The van der Waals surface area contributed by atoms with Gasteiger partial charge in [0.2, 0.25) is 5.91 Å². The number of fused-ring (bicyclic) bond motifs is 3. The van der Waals surface area contributed by atoms with Crippen LogP contribution in [0.25, 0.3) is 15.9 Å². The summed E-state index contributed by atoms with van der Waals surface area (Å²) < 4.78 is 3.44. The first-order chi connectivity index (χ1) is 15.4. The van der Waals surface area contributed by atoms with Crippen LogP contribution in [0.15, 0.2) is 62.6 Å². The second-order valence-electron chi connectivity index (χ2n) is 7.58. The van der Waals surface area contributed by atoms with E-state index in [1.54, 1.807) is 36.4 Å². The smallest absolute Gasteiger partial charge is 0.325 e. The van der Waals surface area contributed by atoms with Crippen molar-refractivity contribution in [2.45, 2.75) is 25.8 Å². The molecular weight excluding hydrogens is 514 g/mol. The van der Waals surface area contributed by atoms with Crippen LogP contribution in [0.4, 0.5) is 5.69 Å². The first kappa shape index (κ1) is 21.2. The number of carbonyl (C=O) groups excluding carboxylic acids is 1. The monoisotopic (exact) mass is 529 g/mol. The summed E-state index contributed by atoms with van der Waals surface area (Å²) in [5.41, 5.74) is 1.15. The fourth-order valence-electron chi connectivity index (χ4n) is 4.04. The lowest BCUT2D eigenvalue weighted by Gasteiger charge is -2.13. The molecule has 2 aromatic heterocycles. The SMILES string of the molecule is O=C(Cn1c(=O)n(-c2ccc(Cl)cc2)c(=O)c2c3c(sc21)CCC3)Nc1ccc(Br)cc1. The van der Waals surface area contributed by atoms with Gasteiger partial charge in [0, 0.05) is 20.1 Å². The van der Waals surface area contributed by atoms with Crippen molar-refractivity contribution in [2.24, 2.45) is 0 Å². The Morgan fingerprint density at radius 2 is 1.78 bits per heavy atom. The zero-order chi connectivity index (χ0) is 22.4. The van der Waals surface area contributed by atoms with Crippen molar-refractivity contribution in [1.82, 2.24) is 9.13 Å². The fraction of sp³-hybridized carbons (Fsp3) is 0.174. The van der Waals surface area contributed by atoms with Gasteiger partial charge in [-0.3, -0.25) is 14.2 Å². The fourth-order valence-corrected chi connectivity index (χ4v) is 5.80. The summed E-state index contributed by atoms with van der Waals surface area (Å²) in [7, 11) is 0. The predicted octanol–water partition coefficient (Wildman–Crippen LogP) is 4.76. The van der Waals surface area contributed by atoms with Crippen molar-refractivity contribution in [3.63, 3.8) is 0 Å². The number of benzene rings is 2. The molecule has 0 bridgehead atoms. The number of aromatic nitrogens is 2. The summed E-state index contributed by atoms with van der Waals surface area (Å²) in [6.07, 6.45) is 2.67. The number of carbonyl (C=O) groups is 1. The van der Waals surface area contributed by atoms with E-state index < -0.39 is 5.69 Å². The van der Waals surface area contributed by atoms with Gasteiger partial charge in [0.05, 0.1) is 11.1 Å². The molecule has 0 unspecified atom stereocenters. The van der Waals surface area contributed by atoms with Crippen LogP contribution < -0.4 is 16.6 Å². The molecule has 4 aromatic rings. The Morgan fingerprint density at radius 3 is 2.50 bits per heavy atom. The summed E-state index contributed by atoms with van der Waals surface area (Å²) >= 11 is 10.8. The van der Waals surface area contributed by atoms with Gasteiger partial charge in [0.25, 0.3) is 5.56 Å². The number of aryl methyl sites for hydroxylation is 2. The molecule has 1 aliphatic carbocycles. The summed E-state index contributed by atoms with van der Waals surface area (Å²) in [5, 5.41) is 3.86. The van der Waals surface area contributed by atoms with E-state index in [-0.39, 0.29) is 18.0 Å². The number of hydrogen-bond acceptors (Lipinski definition) is 4. The Bertz CT molecular complexity index is 1470. The molecule has 32 heavy (non-hydrogen) atoms. The largest absolute Gasteiger partial charge is 0.337 e. The molecule has 162 valence electrons. The molecular formula is C23H17BrClN3O3S. The van der Waals surface area contributed by atoms with Gasteiger partial charge >= 0.3 is 5.69 Å².